The summed E-state index contributed by atoms with van der Waals surface area (Å²) in [4.78, 5) is 5.12. The van der Waals surface area contributed by atoms with Gasteiger partial charge in [-0.1, -0.05) is 6.07 Å². The van der Waals surface area contributed by atoms with Crippen molar-refractivity contribution in [3.05, 3.63) is 45.9 Å². The van der Waals surface area contributed by atoms with E-state index >= 15 is 0 Å². The van der Waals surface area contributed by atoms with Crippen LogP contribution in [0.4, 0.5) is 0 Å². The van der Waals surface area contributed by atoms with Crippen LogP contribution in [-0.2, 0) is 0 Å². The van der Waals surface area contributed by atoms with Crippen molar-refractivity contribution in [2.75, 3.05) is 7.11 Å². The van der Waals surface area contributed by atoms with Gasteiger partial charge in [-0.2, -0.15) is 0 Å². The minimum absolute atomic E-state index is 0.0987. The zero-order valence-corrected chi connectivity index (χ0v) is 10.1. The predicted molar refractivity (Wildman–Crippen MR) is 65.9 cm³/mol. The van der Waals surface area contributed by atoms with E-state index < -0.39 is 0 Å². The molecule has 1 aromatic carbocycles. The zero-order valence-electron chi connectivity index (χ0n) is 9.31. The van der Waals surface area contributed by atoms with Gasteiger partial charge >= 0.3 is 0 Å². The van der Waals surface area contributed by atoms with Crippen LogP contribution >= 0.6 is 11.3 Å². The molecule has 0 radical (unpaired) electrons. The molecule has 3 nitrogen and oxygen atoms in total. The molecule has 0 saturated heterocycles. The number of ether oxygens (including phenoxy) is 1. The van der Waals surface area contributed by atoms with Crippen LogP contribution in [0.15, 0.2) is 29.9 Å². The number of thiazole rings is 1. The van der Waals surface area contributed by atoms with E-state index in [-0.39, 0.29) is 6.04 Å². The van der Waals surface area contributed by atoms with Crippen LogP contribution in [0.5, 0.6) is 5.75 Å². The Morgan fingerprint density at radius 2 is 2.25 bits per heavy atom. The van der Waals surface area contributed by atoms with Crippen LogP contribution in [0.2, 0.25) is 0 Å². The molecule has 0 aliphatic heterocycles. The second kappa shape index (κ2) is 4.63. The maximum atomic E-state index is 6.18. The quantitative estimate of drug-likeness (QED) is 0.887. The van der Waals surface area contributed by atoms with Crippen molar-refractivity contribution in [3.8, 4) is 5.75 Å². The summed E-state index contributed by atoms with van der Waals surface area (Å²) in [5, 5.41) is 0. The fourth-order valence-electron chi connectivity index (χ4n) is 1.66. The molecular formula is C12H14N2OS. The topological polar surface area (TPSA) is 48.1 Å². The molecule has 1 unspecified atom stereocenters. The van der Waals surface area contributed by atoms with Crippen molar-refractivity contribution < 1.29 is 4.74 Å². The van der Waals surface area contributed by atoms with Crippen LogP contribution in [0, 0.1) is 6.92 Å². The van der Waals surface area contributed by atoms with Crippen molar-refractivity contribution >= 4 is 11.3 Å². The average Bonchev–Trinajstić information content (AvgIpc) is 2.81. The van der Waals surface area contributed by atoms with E-state index in [4.69, 9.17) is 10.5 Å². The van der Waals surface area contributed by atoms with E-state index in [0.717, 1.165) is 21.8 Å². The number of hydrogen-bond donors (Lipinski definition) is 1. The molecule has 0 amide bonds. The van der Waals surface area contributed by atoms with Crippen LogP contribution in [0.25, 0.3) is 0 Å². The Labute approximate surface area is 98.9 Å². The van der Waals surface area contributed by atoms with Gasteiger partial charge in [-0.25, -0.2) is 0 Å². The Bertz CT molecular complexity index is 468. The van der Waals surface area contributed by atoms with Crippen molar-refractivity contribution in [1.29, 1.82) is 0 Å². The van der Waals surface area contributed by atoms with Crippen LogP contribution in [-0.4, -0.2) is 12.1 Å². The first kappa shape index (κ1) is 11.1. The van der Waals surface area contributed by atoms with Gasteiger partial charge in [-0.15, -0.1) is 11.3 Å². The van der Waals surface area contributed by atoms with E-state index in [0.29, 0.717) is 0 Å². The minimum atomic E-state index is -0.0987. The van der Waals surface area contributed by atoms with Gasteiger partial charge in [0, 0.05) is 11.1 Å². The van der Waals surface area contributed by atoms with Gasteiger partial charge in [0.15, 0.2) is 0 Å². The second-order valence-electron chi connectivity index (χ2n) is 3.60. The first-order valence-corrected chi connectivity index (χ1v) is 5.89. The number of aromatic nitrogens is 1. The zero-order chi connectivity index (χ0) is 11.5. The third-order valence-corrected chi connectivity index (χ3v) is 3.43. The first-order valence-electron chi connectivity index (χ1n) is 5.01. The molecule has 0 fully saturated rings. The van der Waals surface area contributed by atoms with E-state index in [1.807, 2.05) is 31.3 Å². The normalized spacial score (nSPS) is 12.4. The summed E-state index contributed by atoms with van der Waals surface area (Å²) in [7, 11) is 1.66. The van der Waals surface area contributed by atoms with Gasteiger partial charge < -0.3 is 10.5 Å². The molecule has 84 valence electrons. The molecule has 1 aromatic heterocycles. The third kappa shape index (κ3) is 2.08. The minimum Gasteiger partial charge on any atom is -0.497 e. The standard InChI is InChI=1S/C12H14N2OS/c1-8-5-9(15-2)3-4-10(8)12(13)11-6-14-7-16-11/h3-7,12H,13H2,1-2H3. The Hall–Kier alpha value is -1.39. The summed E-state index contributed by atoms with van der Waals surface area (Å²) in [6, 6.07) is 5.84. The van der Waals surface area contributed by atoms with Crippen molar-refractivity contribution in [3.63, 3.8) is 0 Å². The molecule has 16 heavy (non-hydrogen) atoms. The van der Waals surface area contributed by atoms with E-state index in [1.54, 1.807) is 24.0 Å². The number of nitrogens with two attached hydrogens (primary N) is 1. The van der Waals surface area contributed by atoms with E-state index in [2.05, 4.69) is 4.98 Å². The predicted octanol–water partition coefficient (Wildman–Crippen LogP) is 2.51. The molecule has 2 aromatic rings. The smallest absolute Gasteiger partial charge is 0.119 e. The van der Waals surface area contributed by atoms with Crippen molar-refractivity contribution in [2.24, 2.45) is 5.73 Å². The molecule has 2 rings (SSSR count). The molecule has 2 N–H and O–H groups in total. The second-order valence-corrected chi connectivity index (χ2v) is 4.52. The van der Waals surface area contributed by atoms with E-state index in [9.17, 15) is 0 Å². The number of rotatable bonds is 3. The number of nitrogens with zero attached hydrogens (tertiary/aromatic N) is 1. The molecule has 4 heteroatoms. The van der Waals surface area contributed by atoms with Crippen molar-refractivity contribution in [2.45, 2.75) is 13.0 Å². The fourth-order valence-corrected chi connectivity index (χ4v) is 2.30. The Morgan fingerprint density at radius 3 is 2.81 bits per heavy atom. The van der Waals surface area contributed by atoms with Crippen molar-refractivity contribution in [1.82, 2.24) is 4.98 Å². The third-order valence-electron chi connectivity index (χ3n) is 2.57. The lowest BCUT2D eigenvalue weighted by atomic mass is 10.0. The Kier molecular flexibility index (Phi) is 3.22. The highest BCUT2D eigenvalue weighted by Crippen LogP contribution is 2.27. The van der Waals surface area contributed by atoms with E-state index in [1.165, 1.54) is 0 Å². The molecule has 1 heterocycles. The Balaban J connectivity index is 2.34. The lowest BCUT2D eigenvalue weighted by Crippen LogP contribution is -2.11. The SMILES string of the molecule is COc1ccc(C(N)c2cncs2)c(C)c1. The van der Waals surface area contributed by atoms with Gasteiger partial charge in [0.1, 0.15) is 5.75 Å². The lowest BCUT2D eigenvalue weighted by molar-refractivity contribution is 0.414. The maximum absolute atomic E-state index is 6.18. The van der Waals surface area contributed by atoms with Gasteiger partial charge in [0.05, 0.1) is 18.7 Å². The highest BCUT2D eigenvalue weighted by Gasteiger charge is 2.13. The summed E-state index contributed by atoms with van der Waals surface area (Å²) in [6.45, 7) is 2.04. The summed E-state index contributed by atoms with van der Waals surface area (Å²) in [5.41, 5.74) is 10.2. The average molecular weight is 234 g/mol. The monoisotopic (exact) mass is 234 g/mol. The first-order chi connectivity index (χ1) is 7.72. The molecule has 1 atom stereocenters. The molecule has 0 aliphatic carbocycles. The summed E-state index contributed by atoms with van der Waals surface area (Å²) >= 11 is 1.58. The van der Waals surface area contributed by atoms with Crippen LogP contribution in [0.3, 0.4) is 0 Å². The number of aryl methyl sites for hydroxylation is 1. The summed E-state index contributed by atoms with van der Waals surface area (Å²) < 4.78 is 5.17. The fraction of sp³-hybridized carbons (Fsp3) is 0.250. The molecule has 0 saturated carbocycles. The molecule has 0 bridgehead atoms. The Morgan fingerprint density at radius 1 is 1.44 bits per heavy atom. The summed E-state index contributed by atoms with van der Waals surface area (Å²) in [6.07, 6.45) is 1.82. The van der Waals surface area contributed by atoms with Gasteiger partial charge in [-0.3, -0.25) is 4.98 Å². The number of methoxy groups -OCH3 is 1. The molecule has 0 aliphatic rings. The highest BCUT2D eigenvalue weighted by atomic mass is 32.1. The number of benzene rings is 1. The van der Waals surface area contributed by atoms with Gasteiger partial charge in [0.25, 0.3) is 0 Å². The summed E-state index contributed by atoms with van der Waals surface area (Å²) in [5.74, 6) is 0.859. The van der Waals surface area contributed by atoms with Gasteiger partial charge in [0.2, 0.25) is 0 Å². The maximum Gasteiger partial charge on any atom is 0.119 e. The lowest BCUT2D eigenvalue weighted by Gasteiger charge is -2.13. The van der Waals surface area contributed by atoms with Crippen LogP contribution < -0.4 is 10.5 Å². The number of hydrogen-bond acceptors (Lipinski definition) is 4. The highest BCUT2D eigenvalue weighted by molar-refractivity contribution is 7.09. The van der Waals surface area contributed by atoms with Gasteiger partial charge in [-0.05, 0) is 30.2 Å². The molecular weight excluding hydrogens is 220 g/mol. The largest absolute Gasteiger partial charge is 0.497 e. The van der Waals surface area contributed by atoms with Crippen LogP contribution in [0.1, 0.15) is 22.0 Å². The molecule has 0 spiro atoms.